The molecule has 0 bridgehead atoms. The van der Waals surface area contributed by atoms with Gasteiger partial charge >= 0.3 is 5.97 Å². The summed E-state index contributed by atoms with van der Waals surface area (Å²) in [5.74, 6) is -0.734. The number of aromatic nitrogens is 1. The molecule has 0 spiro atoms. The van der Waals surface area contributed by atoms with Gasteiger partial charge in [0.25, 0.3) is 5.91 Å². The average Bonchev–Trinajstić information content (AvgIpc) is 3.10. The van der Waals surface area contributed by atoms with E-state index in [1.807, 2.05) is 18.2 Å². The summed E-state index contributed by atoms with van der Waals surface area (Å²) in [5, 5.41) is 12.0. The molecule has 1 aromatic heterocycles. The normalized spacial score (nSPS) is 19.4. The van der Waals surface area contributed by atoms with Gasteiger partial charge in [0, 0.05) is 23.4 Å². The van der Waals surface area contributed by atoms with E-state index in [4.69, 9.17) is 9.84 Å². The molecule has 0 radical (unpaired) electrons. The summed E-state index contributed by atoms with van der Waals surface area (Å²) in [4.78, 5) is 27.9. The Balaban J connectivity index is 1.78. The number of nitrogens with one attached hydrogen (secondary N) is 1. The van der Waals surface area contributed by atoms with Crippen LogP contribution in [0.2, 0.25) is 0 Å². The van der Waals surface area contributed by atoms with Crippen molar-refractivity contribution >= 4 is 11.9 Å². The van der Waals surface area contributed by atoms with Crippen molar-refractivity contribution in [3.8, 4) is 17.0 Å². The molecule has 1 saturated carbocycles. The minimum absolute atomic E-state index is 0.103. The number of carboxylic acids is 1. The first-order valence-corrected chi connectivity index (χ1v) is 8.21. The van der Waals surface area contributed by atoms with Crippen molar-refractivity contribution in [2.45, 2.75) is 25.3 Å². The summed E-state index contributed by atoms with van der Waals surface area (Å²) in [5.41, 5.74) is 1.96. The van der Waals surface area contributed by atoms with Gasteiger partial charge in [0.05, 0.1) is 18.7 Å². The van der Waals surface area contributed by atoms with Crippen LogP contribution in [0.1, 0.15) is 29.6 Å². The van der Waals surface area contributed by atoms with Crippen LogP contribution in [0.4, 0.5) is 0 Å². The monoisotopic (exact) mass is 340 g/mol. The molecule has 1 aliphatic rings. The van der Waals surface area contributed by atoms with Crippen LogP contribution in [0.5, 0.6) is 5.75 Å². The third-order valence-corrected chi connectivity index (χ3v) is 4.52. The molecule has 1 amide bonds. The average molecular weight is 340 g/mol. The maximum Gasteiger partial charge on any atom is 0.306 e. The van der Waals surface area contributed by atoms with Crippen LogP contribution < -0.4 is 10.1 Å². The van der Waals surface area contributed by atoms with Crippen molar-refractivity contribution in [1.29, 1.82) is 0 Å². The Morgan fingerprint density at radius 2 is 2.08 bits per heavy atom. The van der Waals surface area contributed by atoms with E-state index < -0.39 is 5.97 Å². The topological polar surface area (TPSA) is 88.5 Å². The highest BCUT2D eigenvalue weighted by atomic mass is 16.5. The lowest BCUT2D eigenvalue weighted by atomic mass is 10.0. The number of carbonyl (C=O) groups is 2. The minimum atomic E-state index is -0.793. The highest BCUT2D eigenvalue weighted by molar-refractivity contribution is 5.96. The fourth-order valence-electron chi connectivity index (χ4n) is 3.18. The summed E-state index contributed by atoms with van der Waals surface area (Å²) >= 11 is 0. The molecule has 25 heavy (non-hydrogen) atoms. The van der Waals surface area contributed by atoms with Crippen molar-refractivity contribution in [2.24, 2.45) is 5.92 Å². The lowest BCUT2D eigenvalue weighted by molar-refractivity contribution is -0.141. The zero-order valence-electron chi connectivity index (χ0n) is 13.9. The highest BCUT2D eigenvalue weighted by Crippen LogP contribution is 2.30. The maximum atomic E-state index is 12.5. The summed E-state index contributed by atoms with van der Waals surface area (Å²) in [6.07, 6.45) is 3.45. The highest BCUT2D eigenvalue weighted by Gasteiger charge is 2.30. The van der Waals surface area contributed by atoms with Crippen molar-refractivity contribution < 1.29 is 19.4 Å². The smallest absolute Gasteiger partial charge is 0.306 e. The quantitative estimate of drug-likeness (QED) is 0.874. The summed E-state index contributed by atoms with van der Waals surface area (Å²) in [6.45, 7) is 0. The van der Waals surface area contributed by atoms with E-state index in [9.17, 15) is 9.59 Å². The van der Waals surface area contributed by atoms with Crippen LogP contribution in [-0.4, -0.2) is 35.1 Å². The Hall–Kier alpha value is -2.89. The number of carboxylic acid groups (broad SMARTS) is 1. The number of carbonyl (C=O) groups excluding carboxylic acids is 1. The molecule has 2 aromatic rings. The Labute approximate surface area is 145 Å². The number of benzene rings is 1. The molecule has 1 aromatic carbocycles. The number of pyridine rings is 1. The van der Waals surface area contributed by atoms with E-state index in [-0.39, 0.29) is 17.9 Å². The number of hydrogen-bond donors (Lipinski definition) is 2. The second kappa shape index (κ2) is 7.34. The first kappa shape index (κ1) is 17.0. The molecule has 130 valence electrons. The predicted octanol–water partition coefficient (Wildman–Crippen LogP) is 2.74. The van der Waals surface area contributed by atoms with Gasteiger partial charge in [0.2, 0.25) is 0 Å². The Morgan fingerprint density at radius 3 is 2.72 bits per heavy atom. The molecular formula is C19H20N2O4. The number of ether oxygens (including phenoxy) is 1. The van der Waals surface area contributed by atoms with Gasteiger partial charge in [-0.25, -0.2) is 0 Å². The molecule has 0 aliphatic heterocycles. The molecule has 1 fully saturated rings. The number of methoxy groups -OCH3 is 1. The third kappa shape index (κ3) is 3.79. The number of aliphatic carboxylic acids is 1. The molecule has 1 heterocycles. The van der Waals surface area contributed by atoms with Gasteiger partial charge in [-0.2, -0.15) is 0 Å². The van der Waals surface area contributed by atoms with E-state index >= 15 is 0 Å². The summed E-state index contributed by atoms with van der Waals surface area (Å²) in [6, 6.07) is 10.6. The van der Waals surface area contributed by atoms with Gasteiger partial charge in [0.15, 0.2) is 0 Å². The van der Waals surface area contributed by atoms with Crippen LogP contribution in [0, 0.1) is 5.92 Å². The number of nitrogens with zero attached hydrogens (tertiary/aromatic N) is 1. The number of amides is 1. The Bertz CT molecular complexity index is 776. The van der Waals surface area contributed by atoms with Crippen LogP contribution in [-0.2, 0) is 4.79 Å². The van der Waals surface area contributed by atoms with E-state index in [1.54, 1.807) is 31.5 Å². The van der Waals surface area contributed by atoms with Crippen LogP contribution in [0.25, 0.3) is 11.3 Å². The van der Waals surface area contributed by atoms with Crippen molar-refractivity contribution in [3.05, 3.63) is 48.2 Å². The molecule has 6 heteroatoms. The van der Waals surface area contributed by atoms with E-state index in [1.165, 1.54) is 0 Å². The van der Waals surface area contributed by atoms with Gasteiger partial charge in [-0.05, 0) is 49.6 Å². The largest absolute Gasteiger partial charge is 0.496 e. The van der Waals surface area contributed by atoms with Crippen LogP contribution in [0.3, 0.4) is 0 Å². The zero-order valence-corrected chi connectivity index (χ0v) is 13.9. The maximum absolute atomic E-state index is 12.5. The lowest BCUT2D eigenvalue weighted by Crippen LogP contribution is -2.33. The molecule has 6 nitrogen and oxygen atoms in total. The Kier molecular flexibility index (Phi) is 4.97. The predicted molar refractivity (Wildman–Crippen MR) is 92.5 cm³/mol. The molecule has 1 aliphatic carbocycles. The molecule has 2 atom stereocenters. The fourth-order valence-corrected chi connectivity index (χ4v) is 3.18. The van der Waals surface area contributed by atoms with Crippen molar-refractivity contribution in [2.75, 3.05) is 7.11 Å². The number of rotatable bonds is 5. The Morgan fingerprint density at radius 1 is 1.24 bits per heavy atom. The summed E-state index contributed by atoms with van der Waals surface area (Å²) in [7, 11) is 1.58. The molecule has 3 rings (SSSR count). The standard InChI is InChI=1S/C19H20N2O4/c1-25-17-8-6-12(11-15(17)16-4-2-3-9-20-16)18(22)21-14-7-5-13(10-14)19(23)24/h2-4,6,8-9,11,13-14H,5,7,10H2,1H3,(H,21,22)(H,23,24)/t13-,14+/m1/s1. The molecular weight excluding hydrogens is 320 g/mol. The third-order valence-electron chi connectivity index (χ3n) is 4.52. The SMILES string of the molecule is COc1ccc(C(=O)N[C@H]2CC[C@@H](C(=O)O)C2)cc1-c1ccccn1. The zero-order chi connectivity index (χ0) is 17.8. The molecule has 0 saturated heterocycles. The summed E-state index contributed by atoms with van der Waals surface area (Å²) < 4.78 is 5.37. The minimum Gasteiger partial charge on any atom is -0.496 e. The van der Waals surface area contributed by atoms with Gasteiger partial charge < -0.3 is 15.2 Å². The van der Waals surface area contributed by atoms with Gasteiger partial charge in [0.1, 0.15) is 5.75 Å². The second-order valence-corrected chi connectivity index (χ2v) is 6.15. The van der Waals surface area contributed by atoms with Gasteiger partial charge in [-0.15, -0.1) is 0 Å². The van der Waals surface area contributed by atoms with E-state index in [0.29, 0.717) is 30.6 Å². The van der Waals surface area contributed by atoms with E-state index in [0.717, 1.165) is 11.3 Å². The van der Waals surface area contributed by atoms with Crippen LogP contribution in [0.15, 0.2) is 42.6 Å². The lowest BCUT2D eigenvalue weighted by Gasteiger charge is -2.14. The van der Waals surface area contributed by atoms with Crippen LogP contribution >= 0.6 is 0 Å². The first-order chi connectivity index (χ1) is 12.1. The van der Waals surface area contributed by atoms with Crippen molar-refractivity contribution in [3.63, 3.8) is 0 Å². The molecule has 0 unspecified atom stereocenters. The van der Waals surface area contributed by atoms with Gasteiger partial charge in [-0.1, -0.05) is 6.07 Å². The number of hydrogen-bond acceptors (Lipinski definition) is 4. The van der Waals surface area contributed by atoms with Gasteiger partial charge in [-0.3, -0.25) is 14.6 Å². The van der Waals surface area contributed by atoms with Crippen molar-refractivity contribution in [1.82, 2.24) is 10.3 Å². The first-order valence-electron chi connectivity index (χ1n) is 8.21. The fraction of sp³-hybridized carbons (Fsp3) is 0.316. The second-order valence-electron chi connectivity index (χ2n) is 6.15. The molecule has 2 N–H and O–H groups in total. The van der Waals surface area contributed by atoms with E-state index in [2.05, 4.69) is 10.3 Å².